The fourth-order valence-corrected chi connectivity index (χ4v) is 0. The maximum Gasteiger partial charge on any atom is 0 e. The molecule has 0 aliphatic carbocycles. The zero-order valence-corrected chi connectivity index (χ0v) is 11.0. The molecule has 8 heavy (non-hydrogen) atoms. The molecule has 10 radical (unpaired) electrons. The van der Waals surface area contributed by atoms with Crippen molar-refractivity contribution < 1.29 is 72.0 Å². The Labute approximate surface area is 112 Å². The van der Waals surface area contributed by atoms with E-state index in [0.29, 0.717) is 0 Å². The fourth-order valence-electron chi connectivity index (χ4n) is 0. The Bertz CT molecular complexity index is 24.0. The molecule has 0 saturated heterocycles. The molecule has 0 amide bonds. The summed E-state index contributed by atoms with van der Waals surface area (Å²) < 4.78 is 0. The number of rotatable bonds is 0. The van der Waals surface area contributed by atoms with Crippen molar-refractivity contribution in [2.75, 3.05) is 0 Å². The van der Waals surface area contributed by atoms with Crippen molar-refractivity contribution in [3.63, 3.8) is 0 Å². The van der Waals surface area contributed by atoms with Crippen LogP contribution in [0.4, 0.5) is 0 Å². The zero-order chi connectivity index (χ0) is 0. The molecule has 0 N–H and O–H groups in total. The molecule has 0 aromatic heterocycles. The van der Waals surface area contributed by atoms with Crippen LogP contribution in [0.5, 0.6) is 0 Å². The van der Waals surface area contributed by atoms with Gasteiger partial charge >= 0.3 is 0 Å². The third-order valence-corrected chi connectivity index (χ3v) is 0. The molecule has 0 spiro atoms. The van der Waals surface area contributed by atoms with E-state index in [1.165, 1.54) is 0 Å². The van der Waals surface area contributed by atoms with Crippen molar-refractivity contribution in [2.24, 2.45) is 0 Å². The van der Waals surface area contributed by atoms with Gasteiger partial charge in [0.25, 0.3) is 0 Å². The van der Waals surface area contributed by atoms with Gasteiger partial charge in [-0.2, -0.15) is 0 Å². The van der Waals surface area contributed by atoms with Crippen molar-refractivity contribution in [1.29, 1.82) is 0 Å². The molecule has 0 aliphatic heterocycles. The molecule has 0 saturated carbocycles. The SMILES string of the molecule is C.[Cr].[Mn].[Mo].[Ni].[P].[S].[Si]. The van der Waals surface area contributed by atoms with E-state index in [4.69, 9.17) is 0 Å². The van der Waals surface area contributed by atoms with Gasteiger partial charge in [-0.25, -0.2) is 0 Å². The van der Waals surface area contributed by atoms with Crippen LogP contribution in [-0.2, 0) is 72.0 Å². The van der Waals surface area contributed by atoms with E-state index in [9.17, 15) is 0 Å². The van der Waals surface area contributed by atoms with Gasteiger partial charge in [0.15, 0.2) is 0 Å². The summed E-state index contributed by atoms with van der Waals surface area (Å²) in [7, 11) is 0. The third kappa shape index (κ3) is 59.9. The molecule has 0 atom stereocenters. The van der Waals surface area contributed by atoms with Crippen LogP contribution in [0.1, 0.15) is 7.43 Å². The van der Waals surface area contributed by atoms with Crippen molar-refractivity contribution in [3.8, 4) is 0 Å². The molecule has 7 heteroatoms. The second kappa shape index (κ2) is 83.5. The van der Waals surface area contributed by atoms with Crippen LogP contribution < -0.4 is 0 Å². The van der Waals surface area contributed by atoms with E-state index in [1.807, 2.05) is 0 Å². The molecule has 0 rings (SSSR count). The summed E-state index contributed by atoms with van der Waals surface area (Å²) in [6.45, 7) is 0. The Morgan fingerprint density at radius 2 is 1.00 bits per heavy atom. The first kappa shape index (κ1) is 113. The molecule has 0 aromatic rings. The van der Waals surface area contributed by atoms with Crippen molar-refractivity contribution >= 4 is 34.4 Å². The quantitative estimate of drug-likeness (QED) is 0.451. The monoisotopic (exact) mass is 370 g/mol. The molecule has 0 nitrogen and oxygen atoms in total. The Balaban J connectivity index is 0. The summed E-state index contributed by atoms with van der Waals surface area (Å²) in [6.07, 6.45) is 0. The van der Waals surface area contributed by atoms with Gasteiger partial charge in [0, 0.05) is 106 Å². The van der Waals surface area contributed by atoms with E-state index in [-0.39, 0.29) is 114 Å². The number of hydrogen-bond acceptors (Lipinski definition) is 0. The summed E-state index contributed by atoms with van der Waals surface area (Å²) >= 11 is 0. The smallest absolute Gasteiger partial charge is 0 e. The van der Waals surface area contributed by atoms with Gasteiger partial charge in [-0.05, 0) is 0 Å². The standard InChI is InChI=1S/CH4.Cr.Mn.Mo.Ni.P.S.Si/h1H4;;;;;;;. The van der Waals surface area contributed by atoms with E-state index in [0.717, 1.165) is 0 Å². The van der Waals surface area contributed by atoms with E-state index >= 15 is 0 Å². The van der Waals surface area contributed by atoms with Crippen LogP contribution in [0.25, 0.3) is 0 Å². The largest absolute Gasteiger partial charge is 0.0776 e. The van der Waals surface area contributed by atoms with Crippen LogP contribution in [-0.4, -0.2) is 11.0 Å². The minimum absolute atomic E-state index is 0. The van der Waals surface area contributed by atoms with E-state index in [1.54, 1.807) is 0 Å². The van der Waals surface area contributed by atoms with Crippen LogP contribution >= 0.6 is 23.4 Å². The van der Waals surface area contributed by atoms with E-state index in [2.05, 4.69) is 0 Å². The average Bonchev–Trinajstić information content (AvgIpc) is 0. The fraction of sp³-hybridized carbons (Fsp3) is 1.00. The second-order valence-corrected chi connectivity index (χ2v) is 0. The van der Waals surface area contributed by atoms with Gasteiger partial charge in [-0.15, -0.1) is 0 Å². The predicted molar refractivity (Wildman–Crippen MR) is 27.0 cm³/mol. The molecular weight excluding hydrogens is 365 g/mol. The molecule has 0 heterocycles. The molecule has 0 bridgehead atoms. The van der Waals surface area contributed by atoms with Gasteiger partial charge in [0.05, 0.1) is 0 Å². The molecule has 0 aliphatic rings. The molecule has 0 unspecified atom stereocenters. The number of hydrogen-bond donors (Lipinski definition) is 0. The van der Waals surface area contributed by atoms with Gasteiger partial charge < -0.3 is 0 Å². The predicted octanol–water partition coefficient (Wildman–Crippen LogP) is 1.75. The maximum absolute atomic E-state index is 0. The van der Waals surface area contributed by atoms with Gasteiger partial charge in [0.2, 0.25) is 0 Å². The topological polar surface area (TPSA) is 0 Å². The van der Waals surface area contributed by atoms with Gasteiger partial charge in [-0.1, -0.05) is 7.43 Å². The molecule has 52 valence electrons. The summed E-state index contributed by atoms with van der Waals surface area (Å²) in [5.74, 6) is 0. The Morgan fingerprint density at radius 1 is 1.00 bits per heavy atom. The summed E-state index contributed by atoms with van der Waals surface area (Å²) in [6, 6.07) is 0. The van der Waals surface area contributed by atoms with Crippen LogP contribution in [0.15, 0.2) is 0 Å². The first-order valence-corrected chi connectivity index (χ1v) is 0. The minimum atomic E-state index is 0. The Hall–Kier alpha value is 3.23. The van der Waals surface area contributed by atoms with Crippen molar-refractivity contribution in [3.05, 3.63) is 0 Å². The van der Waals surface area contributed by atoms with Crippen LogP contribution in [0.2, 0.25) is 0 Å². The summed E-state index contributed by atoms with van der Waals surface area (Å²) in [5, 5.41) is 0. The third-order valence-electron chi connectivity index (χ3n) is 0. The first-order chi connectivity index (χ1) is 0. The van der Waals surface area contributed by atoms with Crippen LogP contribution in [0, 0.1) is 0 Å². The molecule has 0 aromatic carbocycles. The van der Waals surface area contributed by atoms with E-state index < -0.39 is 0 Å². The summed E-state index contributed by atoms with van der Waals surface area (Å²) in [5.41, 5.74) is 0. The Kier molecular flexibility index (Phi) is 1180. The molecular formula is CH4CrMnMoNiPSSi. The van der Waals surface area contributed by atoms with Gasteiger partial charge in [-0.3, -0.25) is 0 Å². The first-order valence-electron chi connectivity index (χ1n) is 0. The Morgan fingerprint density at radius 3 is 1.00 bits per heavy atom. The normalized spacial score (nSPS) is 0. The van der Waals surface area contributed by atoms with Crippen molar-refractivity contribution in [2.45, 2.75) is 7.43 Å². The van der Waals surface area contributed by atoms with Crippen molar-refractivity contribution in [1.82, 2.24) is 0 Å². The average molecular weight is 369 g/mol. The zero-order valence-electron chi connectivity index (χ0n) is 2.87. The second-order valence-electron chi connectivity index (χ2n) is 0. The van der Waals surface area contributed by atoms with Gasteiger partial charge in [0.1, 0.15) is 0 Å². The summed E-state index contributed by atoms with van der Waals surface area (Å²) in [4.78, 5) is 0. The minimum Gasteiger partial charge on any atom is -0.0776 e. The maximum atomic E-state index is 0. The van der Waals surface area contributed by atoms with Crippen LogP contribution in [0.3, 0.4) is 0 Å². The molecule has 0 fully saturated rings.